The number of nitrogens with zero attached hydrogens (tertiary/aromatic N) is 3. The first-order valence-electron chi connectivity index (χ1n) is 13.5. The van der Waals surface area contributed by atoms with Crippen LogP contribution < -0.4 is 20.5 Å². The van der Waals surface area contributed by atoms with Gasteiger partial charge in [0.2, 0.25) is 15.9 Å². The molecule has 0 radical (unpaired) electrons. The topological polar surface area (TPSA) is 147 Å². The lowest BCUT2D eigenvalue weighted by Gasteiger charge is -2.37. The van der Waals surface area contributed by atoms with Crippen LogP contribution in [0.2, 0.25) is 0 Å². The van der Waals surface area contributed by atoms with Crippen molar-refractivity contribution in [3.63, 3.8) is 0 Å². The SMILES string of the molecule is CC#CCN(C(=O)Nc1ccc(F)c(C(N)=O)c1)C1CCN(Cc2ccc(Oc3ccc(NS(C)(=O)=O)cc3)nc2)CC1. The van der Waals surface area contributed by atoms with Crippen molar-refractivity contribution in [2.75, 3.05) is 35.9 Å². The number of halogens is 1. The summed E-state index contributed by atoms with van der Waals surface area (Å²) in [4.78, 5) is 33.0. The van der Waals surface area contributed by atoms with Gasteiger partial charge in [0, 0.05) is 49.3 Å². The second-order valence-corrected chi connectivity index (χ2v) is 11.8. The lowest BCUT2D eigenvalue weighted by Crippen LogP contribution is -2.48. The second-order valence-electron chi connectivity index (χ2n) is 10.1. The monoisotopic (exact) mass is 608 g/mol. The highest BCUT2D eigenvalue weighted by Gasteiger charge is 2.28. The molecular formula is C30H33FN6O5S. The lowest BCUT2D eigenvalue weighted by molar-refractivity contribution is 0.0996. The molecule has 11 nitrogen and oxygen atoms in total. The van der Waals surface area contributed by atoms with Crippen molar-refractivity contribution < 1.29 is 27.1 Å². The highest BCUT2D eigenvalue weighted by molar-refractivity contribution is 7.92. The Balaban J connectivity index is 1.30. The number of piperidine rings is 1. The molecule has 3 aromatic rings. The van der Waals surface area contributed by atoms with E-state index in [0.717, 1.165) is 43.8 Å². The predicted octanol–water partition coefficient (Wildman–Crippen LogP) is 4.01. The van der Waals surface area contributed by atoms with Gasteiger partial charge in [-0.1, -0.05) is 12.0 Å². The largest absolute Gasteiger partial charge is 0.439 e. The van der Waals surface area contributed by atoms with E-state index < -0.39 is 21.7 Å². The molecular weight excluding hydrogens is 575 g/mol. The van der Waals surface area contributed by atoms with Gasteiger partial charge in [-0.3, -0.25) is 14.4 Å². The number of likely N-dealkylation sites (tertiary alicyclic amines) is 1. The summed E-state index contributed by atoms with van der Waals surface area (Å²) in [5.41, 5.74) is 6.66. The molecule has 226 valence electrons. The van der Waals surface area contributed by atoms with E-state index in [0.29, 0.717) is 23.9 Å². The molecule has 0 saturated carbocycles. The highest BCUT2D eigenvalue weighted by atomic mass is 32.2. The Morgan fingerprint density at radius 2 is 1.81 bits per heavy atom. The molecule has 0 spiro atoms. The maximum Gasteiger partial charge on any atom is 0.322 e. The van der Waals surface area contributed by atoms with Gasteiger partial charge in [0.05, 0.1) is 18.4 Å². The standard InChI is InChI=1S/C30H33FN6O5S/c1-3-4-15-37(30(39)34-23-8-11-27(31)26(18-23)29(32)38)24-13-16-36(17-14-24)20-21-5-12-28(33-19-21)42-25-9-6-22(7-10-25)35-43(2,40)41/h5-12,18-19,24,35H,13-17,20H2,1-2H3,(H2,32,38)(H,34,39). The van der Waals surface area contributed by atoms with Crippen LogP contribution in [-0.4, -0.2) is 67.1 Å². The Morgan fingerprint density at radius 3 is 2.42 bits per heavy atom. The van der Waals surface area contributed by atoms with Gasteiger partial charge in [-0.2, -0.15) is 0 Å². The number of ether oxygens (including phenoxy) is 1. The van der Waals surface area contributed by atoms with Crippen molar-refractivity contribution in [2.45, 2.75) is 32.4 Å². The normalized spacial score (nSPS) is 13.8. The van der Waals surface area contributed by atoms with Gasteiger partial charge < -0.3 is 20.7 Å². The fourth-order valence-electron chi connectivity index (χ4n) is 4.66. The Morgan fingerprint density at radius 1 is 1.12 bits per heavy atom. The third-order valence-corrected chi connectivity index (χ3v) is 7.36. The zero-order valence-corrected chi connectivity index (χ0v) is 24.7. The average molecular weight is 609 g/mol. The van der Waals surface area contributed by atoms with E-state index in [-0.39, 0.29) is 29.9 Å². The number of carbonyl (C=O) groups excluding carboxylic acids is 2. The summed E-state index contributed by atoms with van der Waals surface area (Å²) in [7, 11) is -3.35. The van der Waals surface area contributed by atoms with Gasteiger partial charge in [0.25, 0.3) is 5.91 Å². The number of carbonyl (C=O) groups is 2. The molecule has 1 aliphatic heterocycles. The Kier molecular flexibility index (Phi) is 10.2. The summed E-state index contributed by atoms with van der Waals surface area (Å²) in [5, 5.41) is 2.74. The molecule has 13 heteroatoms. The number of hydrogen-bond acceptors (Lipinski definition) is 7. The summed E-state index contributed by atoms with van der Waals surface area (Å²) in [5.74, 6) is 5.05. The number of benzene rings is 2. The zero-order chi connectivity index (χ0) is 31.0. The van der Waals surface area contributed by atoms with E-state index in [1.807, 2.05) is 6.07 Å². The van der Waals surface area contributed by atoms with E-state index in [1.165, 1.54) is 12.1 Å². The predicted molar refractivity (Wildman–Crippen MR) is 162 cm³/mol. The van der Waals surface area contributed by atoms with Crippen LogP contribution in [0.5, 0.6) is 11.6 Å². The maximum atomic E-state index is 13.9. The first-order chi connectivity index (χ1) is 20.5. The number of hydrogen-bond donors (Lipinski definition) is 3. The maximum absolute atomic E-state index is 13.9. The number of nitrogens with one attached hydrogen (secondary N) is 2. The minimum absolute atomic E-state index is 0.0546. The number of urea groups is 1. The van der Waals surface area contributed by atoms with Crippen LogP contribution in [0.1, 0.15) is 35.7 Å². The summed E-state index contributed by atoms with van der Waals surface area (Å²) in [6.45, 7) is 4.12. The summed E-state index contributed by atoms with van der Waals surface area (Å²) in [6.07, 6.45) is 4.30. The van der Waals surface area contributed by atoms with Crippen LogP contribution in [0.4, 0.5) is 20.6 Å². The Hall–Kier alpha value is -4.67. The van der Waals surface area contributed by atoms with Crippen molar-refractivity contribution in [1.29, 1.82) is 0 Å². The summed E-state index contributed by atoms with van der Waals surface area (Å²) in [6, 6.07) is 13.5. The number of primary amides is 1. The van der Waals surface area contributed by atoms with Gasteiger partial charge in [0.1, 0.15) is 11.6 Å². The minimum Gasteiger partial charge on any atom is -0.439 e. The van der Waals surface area contributed by atoms with E-state index in [9.17, 15) is 22.4 Å². The van der Waals surface area contributed by atoms with Crippen molar-refractivity contribution in [2.24, 2.45) is 5.73 Å². The molecule has 2 aromatic carbocycles. The number of anilines is 2. The molecule has 1 aliphatic rings. The molecule has 4 rings (SSSR count). The van der Waals surface area contributed by atoms with Gasteiger partial charge in [-0.15, -0.1) is 5.92 Å². The number of pyridine rings is 1. The average Bonchev–Trinajstić information content (AvgIpc) is 2.96. The summed E-state index contributed by atoms with van der Waals surface area (Å²) >= 11 is 0. The minimum atomic E-state index is -3.35. The molecule has 0 atom stereocenters. The molecule has 0 bridgehead atoms. The number of rotatable bonds is 10. The molecule has 1 saturated heterocycles. The molecule has 0 unspecified atom stereocenters. The molecule has 3 amide bonds. The van der Waals surface area contributed by atoms with E-state index in [1.54, 1.807) is 48.4 Å². The van der Waals surface area contributed by atoms with E-state index >= 15 is 0 Å². The molecule has 1 fully saturated rings. The van der Waals surface area contributed by atoms with Crippen LogP contribution in [0.3, 0.4) is 0 Å². The Labute approximate surface area is 250 Å². The zero-order valence-electron chi connectivity index (χ0n) is 23.8. The van der Waals surface area contributed by atoms with E-state index in [2.05, 4.69) is 31.8 Å². The van der Waals surface area contributed by atoms with Crippen LogP contribution in [-0.2, 0) is 16.6 Å². The smallest absolute Gasteiger partial charge is 0.322 e. The molecule has 43 heavy (non-hydrogen) atoms. The lowest BCUT2D eigenvalue weighted by atomic mass is 10.0. The number of nitrogens with two attached hydrogens (primary N) is 1. The van der Waals surface area contributed by atoms with Gasteiger partial charge in [0.15, 0.2) is 0 Å². The van der Waals surface area contributed by atoms with Crippen molar-refractivity contribution in [1.82, 2.24) is 14.8 Å². The fraction of sp³-hybridized carbons (Fsp3) is 0.300. The van der Waals surface area contributed by atoms with Gasteiger partial charge in [-0.05, 0) is 67.8 Å². The highest BCUT2D eigenvalue weighted by Crippen LogP contribution is 2.24. The van der Waals surface area contributed by atoms with Gasteiger partial charge in [-0.25, -0.2) is 22.6 Å². The van der Waals surface area contributed by atoms with Crippen LogP contribution >= 0.6 is 0 Å². The van der Waals surface area contributed by atoms with Gasteiger partial charge >= 0.3 is 6.03 Å². The Bertz CT molecular complexity index is 1610. The number of sulfonamides is 1. The number of amides is 3. The second kappa shape index (κ2) is 14.0. The van der Waals surface area contributed by atoms with Crippen molar-refractivity contribution >= 4 is 33.3 Å². The fourth-order valence-corrected chi connectivity index (χ4v) is 5.22. The van der Waals surface area contributed by atoms with Crippen LogP contribution in [0.25, 0.3) is 0 Å². The first kappa shape index (κ1) is 31.3. The van der Waals surface area contributed by atoms with Crippen molar-refractivity contribution in [3.05, 3.63) is 77.7 Å². The van der Waals surface area contributed by atoms with Crippen molar-refractivity contribution in [3.8, 4) is 23.5 Å². The number of aromatic nitrogens is 1. The molecule has 0 aliphatic carbocycles. The quantitative estimate of drug-likeness (QED) is 0.295. The van der Waals surface area contributed by atoms with E-state index in [4.69, 9.17) is 10.5 Å². The molecule has 1 aromatic heterocycles. The molecule has 4 N–H and O–H groups in total. The first-order valence-corrected chi connectivity index (χ1v) is 15.4. The van der Waals surface area contributed by atoms with Crippen LogP contribution in [0.15, 0.2) is 60.8 Å². The summed E-state index contributed by atoms with van der Waals surface area (Å²) < 4.78 is 44.7. The van der Waals surface area contributed by atoms with Crippen LogP contribution in [0, 0.1) is 17.7 Å². The third-order valence-electron chi connectivity index (χ3n) is 6.75. The molecule has 2 heterocycles. The third kappa shape index (κ3) is 9.16.